The lowest BCUT2D eigenvalue weighted by Crippen LogP contribution is -2.37. The standard InChI is InChI=1S/C20H19N7O2/c1-12-22-20(29-26-12)13-6-7-17(21-10-13)27-9-8-14(11-27)23-19(28)18-15-4-2-3-5-16(15)24-25-18/h2-7,10,14H,8-9,11H2,1H3,(H,23,28)(H,24,25)/t14-/m1/s1. The Morgan fingerprint density at radius 1 is 1.28 bits per heavy atom. The number of benzene rings is 1. The number of nitrogens with one attached hydrogen (secondary N) is 2. The Labute approximate surface area is 166 Å². The van der Waals surface area contributed by atoms with Gasteiger partial charge in [0.1, 0.15) is 5.82 Å². The van der Waals surface area contributed by atoms with Gasteiger partial charge in [-0.3, -0.25) is 9.89 Å². The Morgan fingerprint density at radius 3 is 2.97 bits per heavy atom. The largest absolute Gasteiger partial charge is 0.354 e. The molecule has 1 amide bonds. The molecule has 1 fully saturated rings. The number of hydrogen-bond acceptors (Lipinski definition) is 7. The van der Waals surface area contributed by atoms with Gasteiger partial charge in [-0.25, -0.2) is 4.98 Å². The number of aromatic nitrogens is 5. The monoisotopic (exact) mass is 389 g/mol. The molecule has 1 aromatic carbocycles. The van der Waals surface area contributed by atoms with Crippen molar-refractivity contribution in [1.29, 1.82) is 0 Å². The molecule has 9 heteroatoms. The third-order valence-electron chi connectivity index (χ3n) is 5.06. The molecule has 3 aromatic heterocycles. The number of nitrogens with zero attached hydrogens (tertiary/aromatic N) is 5. The van der Waals surface area contributed by atoms with Crippen LogP contribution in [0.4, 0.5) is 5.82 Å². The highest BCUT2D eigenvalue weighted by atomic mass is 16.5. The van der Waals surface area contributed by atoms with Crippen molar-refractivity contribution in [3.05, 3.63) is 54.1 Å². The summed E-state index contributed by atoms with van der Waals surface area (Å²) >= 11 is 0. The van der Waals surface area contributed by atoms with Crippen molar-refractivity contribution in [2.24, 2.45) is 0 Å². The van der Waals surface area contributed by atoms with Gasteiger partial charge >= 0.3 is 0 Å². The van der Waals surface area contributed by atoms with Crippen LogP contribution >= 0.6 is 0 Å². The van der Waals surface area contributed by atoms with Gasteiger partial charge in [0, 0.05) is 30.7 Å². The van der Waals surface area contributed by atoms with E-state index < -0.39 is 0 Å². The first kappa shape index (κ1) is 17.4. The van der Waals surface area contributed by atoms with Gasteiger partial charge < -0.3 is 14.7 Å². The second kappa shape index (κ2) is 7.01. The van der Waals surface area contributed by atoms with Gasteiger partial charge in [0.05, 0.1) is 11.1 Å². The predicted octanol–water partition coefficient (Wildman–Crippen LogP) is 2.33. The molecule has 1 saturated heterocycles. The number of aromatic amines is 1. The number of pyridine rings is 1. The van der Waals surface area contributed by atoms with Gasteiger partial charge in [0.2, 0.25) is 0 Å². The summed E-state index contributed by atoms with van der Waals surface area (Å²) in [5.41, 5.74) is 2.06. The lowest BCUT2D eigenvalue weighted by Gasteiger charge is -2.17. The number of aryl methyl sites for hydroxylation is 1. The van der Waals surface area contributed by atoms with E-state index in [0.717, 1.165) is 35.2 Å². The SMILES string of the molecule is Cc1noc(-c2ccc(N3CC[C@@H](NC(=O)c4n[nH]c5ccccc45)C3)nc2)n1. The summed E-state index contributed by atoms with van der Waals surface area (Å²) in [6, 6.07) is 11.5. The molecular formula is C20H19N7O2. The van der Waals surface area contributed by atoms with Crippen molar-refractivity contribution < 1.29 is 9.32 Å². The van der Waals surface area contributed by atoms with Gasteiger partial charge in [-0.15, -0.1) is 0 Å². The van der Waals surface area contributed by atoms with Crippen LogP contribution in [0.3, 0.4) is 0 Å². The minimum absolute atomic E-state index is 0.0398. The van der Waals surface area contributed by atoms with Crippen molar-refractivity contribution in [2.45, 2.75) is 19.4 Å². The van der Waals surface area contributed by atoms with Crippen molar-refractivity contribution in [3.8, 4) is 11.5 Å². The van der Waals surface area contributed by atoms with E-state index in [1.807, 2.05) is 36.4 Å². The summed E-state index contributed by atoms with van der Waals surface area (Å²) in [5.74, 6) is 1.74. The van der Waals surface area contributed by atoms with Gasteiger partial charge in [0.15, 0.2) is 11.5 Å². The molecule has 0 saturated carbocycles. The molecule has 29 heavy (non-hydrogen) atoms. The first-order valence-corrected chi connectivity index (χ1v) is 9.43. The fourth-order valence-electron chi connectivity index (χ4n) is 3.59. The van der Waals surface area contributed by atoms with E-state index in [1.54, 1.807) is 13.1 Å². The maximum absolute atomic E-state index is 12.7. The maximum Gasteiger partial charge on any atom is 0.272 e. The van der Waals surface area contributed by atoms with E-state index in [2.05, 4.69) is 35.5 Å². The number of carbonyl (C=O) groups excluding carboxylic acids is 1. The van der Waals surface area contributed by atoms with Crippen molar-refractivity contribution >= 4 is 22.6 Å². The summed E-state index contributed by atoms with van der Waals surface area (Å²) in [7, 11) is 0. The number of para-hydroxylation sites is 1. The molecule has 9 nitrogen and oxygen atoms in total. The zero-order valence-corrected chi connectivity index (χ0v) is 15.8. The smallest absolute Gasteiger partial charge is 0.272 e. The van der Waals surface area contributed by atoms with E-state index in [4.69, 9.17) is 4.52 Å². The molecule has 0 radical (unpaired) electrons. The van der Waals surface area contributed by atoms with Crippen LogP contribution in [0.5, 0.6) is 0 Å². The van der Waals surface area contributed by atoms with Gasteiger partial charge in [-0.05, 0) is 31.5 Å². The number of fused-ring (bicyclic) bond motifs is 1. The normalized spacial score (nSPS) is 16.4. The van der Waals surface area contributed by atoms with Crippen molar-refractivity contribution in [1.82, 2.24) is 30.6 Å². The predicted molar refractivity (Wildman–Crippen MR) is 106 cm³/mol. The van der Waals surface area contributed by atoms with E-state index in [-0.39, 0.29) is 11.9 Å². The van der Waals surface area contributed by atoms with Crippen LogP contribution < -0.4 is 10.2 Å². The number of hydrogen-bond donors (Lipinski definition) is 2. The van der Waals surface area contributed by atoms with Crippen LogP contribution in [0.25, 0.3) is 22.4 Å². The molecule has 0 spiro atoms. The molecule has 1 atom stereocenters. The minimum Gasteiger partial charge on any atom is -0.354 e. The summed E-state index contributed by atoms with van der Waals surface area (Å²) in [6.07, 6.45) is 2.57. The Balaban J connectivity index is 1.25. The Hall–Kier alpha value is -3.75. The molecular weight excluding hydrogens is 370 g/mol. The Bertz CT molecular complexity index is 1170. The summed E-state index contributed by atoms with van der Waals surface area (Å²) in [5, 5.41) is 14.8. The highest BCUT2D eigenvalue weighted by Crippen LogP contribution is 2.23. The van der Waals surface area contributed by atoms with Gasteiger partial charge in [-0.2, -0.15) is 10.1 Å². The van der Waals surface area contributed by atoms with Crippen LogP contribution in [-0.4, -0.2) is 50.4 Å². The zero-order valence-electron chi connectivity index (χ0n) is 15.8. The van der Waals surface area contributed by atoms with E-state index >= 15 is 0 Å². The van der Waals surface area contributed by atoms with Crippen LogP contribution in [0.15, 0.2) is 47.1 Å². The number of H-pyrrole nitrogens is 1. The molecule has 146 valence electrons. The molecule has 2 N–H and O–H groups in total. The molecule has 4 heterocycles. The second-order valence-corrected chi connectivity index (χ2v) is 7.07. The third-order valence-corrected chi connectivity index (χ3v) is 5.06. The van der Waals surface area contributed by atoms with Crippen molar-refractivity contribution in [3.63, 3.8) is 0 Å². The Morgan fingerprint density at radius 2 is 2.17 bits per heavy atom. The number of anilines is 1. The van der Waals surface area contributed by atoms with Gasteiger partial charge in [-0.1, -0.05) is 23.4 Å². The van der Waals surface area contributed by atoms with Crippen LogP contribution in [0.1, 0.15) is 22.7 Å². The summed E-state index contributed by atoms with van der Waals surface area (Å²) in [6.45, 7) is 3.29. The highest BCUT2D eigenvalue weighted by molar-refractivity contribution is 6.04. The van der Waals surface area contributed by atoms with E-state index in [0.29, 0.717) is 24.0 Å². The second-order valence-electron chi connectivity index (χ2n) is 7.07. The zero-order chi connectivity index (χ0) is 19.8. The Kier molecular flexibility index (Phi) is 4.19. The van der Waals surface area contributed by atoms with Crippen molar-refractivity contribution in [2.75, 3.05) is 18.0 Å². The quantitative estimate of drug-likeness (QED) is 0.551. The molecule has 0 bridgehead atoms. The average molecular weight is 389 g/mol. The molecule has 1 aliphatic heterocycles. The highest BCUT2D eigenvalue weighted by Gasteiger charge is 2.26. The lowest BCUT2D eigenvalue weighted by molar-refractivity contribution is 0.0937. The van der Waals surface area contributed by atoms with E-state index in [9.17, 15) is 4.79 Å². The fraction of sp³-hybridized carbons (Fsp3) is 0.250. The average Bonchev–Trinajstić information content (AvgIpc) is 3.47. The lowest BCUT2D eigenvalue weighted by atomic mass is 10.2. The van der Waals surface area contributed by atoms with E-state index in [1.165, 1.54) is 0 Å². The first-order valence-electron chi connectivity index (χ1n) is 9.43. The third kappa shape index (κ3) is 3.31. The van der Waals surface area contributed by atoms with Crippen LogP contribution in [-0.2, 0) is 0 Å². The number of amides is 1. The minimum atomic E-state index is -0.163. The first-order chi connectivity index (χ1) is 14.2. The molecule has 4 aromatic rings. The summed E-state index contributed by atoms with van der Waals surface area (Å²) < 4.78 is 5.17. The fourth-order valence-corrected chi connectivity index (χ4v) is 3.59. The van der Waals surface area contributed by atoms with Gasteiger partial charge in [0.25, 0.3) is 11.8 Å². The molecule has 0 aliphatic carbocycles. The molecule has 5 rings (SSSR count). The summed E-state index contributed by atoms with van der Waals surface area (Å²) in [4.78, 5) is 23.6. The number of rotatable bonds is 4. The molecule has 0 unspecified atom stereocenters. The van der Waals surface area contributed by atoms with Crippen LogP contribution in [0.2, 0.25) is 0 Å². The maximum atomic E-state index is 12.7. The number of carbonyl (C=O) groups is 1. The topological polar surface area (TPSA) is 113 Å². The van der Waals surface area contributed by atoms with Crippen LogP contribution in [0, 0.1) is 6.92 Å². The molecule has 1 aliphatic rings.